The van der Waals surface area contributed by atoms with Crippen molar-refractivity contribution < 1.29 is 60.0 Å². The van der Waals surface area contributed by atoms with Crippen molar-refractivity contribution in [1.29, 1.82) is 0 Å². The Morgan fingerprint density at radius 3 is 1.65 bits per heavy atom. The molecule has 15 heteroatoms. The number of likely N-dealkylation sites (tertiary alicyclic amines) is 2. The van der Waals surface area contributed by atoms with Crippen molar-refractivity contribution >= 4 is 17.8 Å². The van der Waals surface area contributed by atoms with Gasteiger partial charge in [0.25, 0.3) is 0 Å². The van der Waals surface area contributed by atoms with Crippen molar-refractivity contribution in [1.82, 2.24) is 9.80 Å². The molecular weight excluding hydrogens is 722 g/mol. The molecule has 2 atom stereocenters. The largest absolute Gasteiger partial charge is 0.478 e. The molecule has 2 aliphatic rings. The lowest BCUT2D eigenvalue weighted by atomic mass is 9.89. The molecule has 3 aromatic rings. The predicted octanol–water partition coefficient (Wildman–Crippen LogP) is 8.65. The second kappa shape index (κ2) is 16.7. The summed E-state index contributed by atoms with van der Waals surface area (Å²) in [6.07, 6.45) is -7.64. The van der Waals surface area contributed by atoms with Gasteiger partial charge in [0.1, 0.15) is 17.1 Å². The summed E-state index contributed by atoms with van der Waals surface area (Å²) < 4.78 is 93.1. The van der Waals surface area contributed by atoms with Crippen LogP contribution < -0.4 is 9.47 Å². The molecule has 0 aliphatic carbocycles. The van der Waals surface area contributed by atoms with Crippen LogP contribution in [0, 0.1) is 0 Å². The molecule has 2 aliphatic heterocycles. The van der Waals surface area contributed by atoms with Gasteiger partial charge in [-0.2, -0.15) is 26.3 Å². The molecule has 3 aromatic carbocycles. The number of amides is 1. The smallest absolute Gasteiger partial charge is 0.416 e. The van der Waals surface area contributed by atoms with E-state index in [2.05, 4.69) is 0 Å². The first kappa shape index (κ1) is 42.0. The van der Waals surface area contributed by atoms with Gasteiger partial charge in [-0.05, 0) is 108 Å². The Morgan fingerprint density at radius 2 is 1.19 bits per heavy atom. The van der Waals surface area contributed by atoms with Gasteiger partial charge in [-0.3, -0.25) is 9.69 Å². The first-order valence-electron chi connectivity index (χ1n) is 17.3. The van der Waals surface area contributed by atoms with Gasteiger partial charge in [-0.15, -0.1) is 0 Å². The number of ether oxygens (including phenoxy) is 3. The molecule has 1 amide bonds. The third kappa shape index (κ3) is 11.4. The highest BCUT2D eigenvalue weighted by Gasteiger charge is 2.46. The lowest BCUT2D eigenvalue weighted by Gasteiger charge is -2.41. The fourth-order valence-corrected chi connectivity index (χ4v) is 6.21. The number of piperidine rings is 2. The van der Waals surface area contributed by atoms with E-state index in [9.17, 15) is 45.8 Å². The van der Waals surface area contributed by atoms with Gasteiger partial charge >= 0.3 is 24.4 Å². The number of carbonyl (C=O) groups is 3. The summed E-state index contributed by atoms with van der Waals surface area (Å²) >= 11 is 0. The summed E-state index contributed by atoms with van der Waals surface area (Å²) in [6, 6.07) is 18.0. The Labute approximate surface area is 309 Å². The molecule has 0 aromatic heterocycles. The highest BCUT2D eigenvalue weighted by atomic mass is 19.4. The van der Waals surface area contributed by atoms with E-state index in [4.69, 9.17) is 14.2 Å². The molecule has 2 saturated heterocycles. The molecule has 2 heterocycles. The van der Waals surface area contributed by atoms with Gasteiger partial charge in [0.15, 0.2) is 11.4 Å². The number of carboxylic acids is 1. The van der Waals surface area contributed by atoms with Crippen LogP contribution in [0.15, 0.2) is 78.9 Å². The maximum absolute atomic E-state index is 12.7. The van der Waals surface area contributed by atoms with Crippen LogP contribution in [0.25, 0.3) is 0 Å². The number of nitrogens with zero attached hydrogens (tertiary/aromatic N) is 2. The van der Waals surface area contributed by atoms with E-state index in [1.807, 2.05) is 35.2 Å². The quantitative estimate of drug-likeness (QED) is 0.227. The Hall–Kier alpha value is -4.79. The molecule has 9 nitrogen and oxygen atoms in total. The first-order valence-corrected chi connectivity index (χ1v) is 17.3. The van der Waals surface area contributed by atoms with Gasteiger partial charge in [-0.25, -0.2) is 9.59 Å². The standard InChI is InChI=1S/C20H20F3NO3.C19H24F3NO4/c21-20(22,23)16-7-9-17(10-8-16)27-19(18(25)26)11-4-12-24(14-19)13-15-5-2-1-3-6-15;1-13(24)18(26-15-8-6-14(7-9-15)19(20,21)22)10-5-11-23(12-18)16(25)27-17(2,3)4/h1-3,5-10H,4,11-14H2,(H,25,26);6-9H,5,10-12H2,1-4H3. The number of carboxylic acid groups (broad SMARTS) is 1. The van der Waals surface area contributed by atoms with Crippen molar-refractivity contribution in [3.05, 3.63) is 95.6 Å². The number of aliphatic carboxylic acids is 1. The van der Waals surface area contributed by atoms with Crippen molar-refractivity contribution in [2.75, 3.05) is 26.2 Å². The molecule has 2 unspecified atom stereocenters. The Kier molecular flexibility index (Phi) is 13.0. The van der Waals surface area contributed by atoms with E-state index < -0.39 is 52.3 Å². The monoisotopic (exact) mass is 766 g/mol. The number of carbonyl (C=O) groups excluding carboxylic acids is 2. The van der Waals surface area contributed by atoms with Crippen LogP contribution in [-0.2, 0) is 33.2 Å². The van der Waals surface area contributed by atoms with Crippen LogP contribution in [0.2, 0.25) is 0 Å². The lowest BCUT2D eigenvalue weighted by Crippen LogP contribution is -2.58. The third-order valence-corrected chi connectivity index (χ3v) is 8.91. The van der Waals surface area contributed by atoms with Crippen LogP contribution in [0.1, 0.15) is 70.1 Å². The molecule has 0 bridgehead atoms. The molecule has 0 radical (unpaired) electrons. The average molecular weight is 767 g/mol. The fourth-order valence-electron chi connectivity index (χ4n) is 6.21. The number of halogens is 6. The molecule has 1 N–H and O–H groups in total. The van der Waals surface area contributed by atoms with Gasteiger partial charge in [-0.1, -0.05) is 30.3 Å². The van der Waals surface area contributed by atoms with Crippen LogP contribution in [0.3, 0.4) is 0 Å². The summed E-state index contributed by atoms with van der Waals surface area (Å²) in [5.41, 5.74) is -4.00. The summed E-state index contributed by atoms with van der Waals surface area (Å²) in [7, 11) is 0. The SMILES string of the molecule is CC(=O)C1(Oc2ccc(C(F)(F)F)cc2)CCCN(C(=O)OC(C)(C)C)C1.O=C(O)C1(Oc2ccc(C(F)(F)F)cc2)CCCN(Cc2ccccc2)C1. The van der Waals surface area contributed by atoms with Crippen molar-refractivity contribution in [3.8, 4) is 11.5 Å². The number of ketones is 1. The van der Waals surface area contributed by atoms with Gasteiger partial charge in [0.05, 0.1) is 17.7 Å². The van der Waals surface area contributed by atoms with Crippen LogP contribution in [0.5, 0.6) is 11.5 Å². The summed E-state index contributed by atoms with van der Waals surface area (Å²) in [4.78, 5) is 40.0. The molecular formula is C39H44F6N2O7. The van der Waals surface area contributed by atoms with Gasteiger partial charge in [0.2, 0.25) is 5.60 Å². The summed E-state index contributed by atoms with van der Waals surface area (Å²) in [5, 5.41) is 9.79. The van der Waals surface area contributed by atoms with Crippen molar-refractivity contribution in [3.63, 3.8) is 0 Å². The van der Waals surface area contributed by atoms with Crippen molar-refractivity contribution in [2.24, 2.45) is 0 Å². The van der Waals surface area contributed by atoms with Crippen LogP contribution in [-0.4, -0.2) is 75.7 Å². The Morgan fingerprint density at radius 1 is 0.704 bits per heavy atom. The average Bonchev–Trinajstić information content (AvgIpc) is 3.08. The zero-order chi connectivity index (χ0) is 40.0. The minimum absolute atomic E-state index is 0.0156. The molecule has 0 saturated carbocycles. The second-order valence-electron chi connectivity index (χ2n) is 14.4. The minimum Gasteiger partial charge on any atom is -0.478 e. The van der Waals surface area contributed by atoms with E-state index in [-0.39, 0.29) is 30.4 Å². The number of hydrogen-bond acceptors (Lipinski definition) is 7. The minimum atomic E-state index is -4.45. The molecule has 0 spiro atoms. The molecule has 5 rings (SSSR count). The zero-order valence-corrected chi connectivity index (χ0v) is 30.4. The second-order valence-corrected chi connectivity index (χ2v) is 14.4. The van der Waals surface area contributed by atoms with Crippen molar-refractivity contribution in [2.45, 2.75) is 89.1 Å². The molecule has 54 heavy (non-hydrogen) atoms. The fraction of sp³-hybridized carbons (Fsp3) is 0.462. The normalized spacial score (nSPS) is 21.0. The maximum atomic E-state index is 12.7. The topological polar surface area (TPSA) is 106 Å². The van der Waals surface area contributed by atoms with E-state index in [0.29, 0.717) is 38.8 Å². The number of alkyl halides is 6. The van der Waals surface area contributed by atoms with E-state index in [0.717, 1.165) is 36.4 Å². The maximum Gasteiger partial charge on any atom is 0.416 e. The number of rotatable bonds is 8. The Bertz CT molecular complexity index is 1730. The first-order chi connectivity index (χ1) is 25.1. The summed E-state index contributed by atoms with van der Waals surface area (Å²) in [5.74, 6) is -1.15. The van der Waals surface area contributed by atoms with Gasteiger partial charge in [0, 0.05) is 26.1 Å². The van der Waals surface area contributed by atoms with Gasteiger partial charge < -0.3 is 24.2 Å². The molecule has 2 fully saturated rings. The van der Waals surface area contributed by atoms with Crippen LogP contribution in [0.4, 0.5) is 31.1 Å². The van der Waals surface area contributed by atoms with E-state index in [1.54, 1.807) is 20.8 Å². The number of Topliss-reactive ketones (excluding diaryl/α,β-unsaturated/α-hetero) is 1. The predicted molar refractivity (Wildman–Crippen MR) is 186 cm³/mol. The highest BCUT2D eigenvalue weighted by Crippen LogP contribution is 2.35. The molecule has 294 valence electrons. The van der Waals surface area contributed by atoms with Crippen LogP contribution >= 0.6 is 0 Å². The highest BCUT2D eigenvalue weighted by molar-refractivity contribution is 5.86. The van der Waals surface area contributed by atoms with E-state index >= 15 is 0 Å². The third-order valence-electron chi connectivity index (χ3n) is 8.91. The zero-order valence-electron chi connectivity index (χ0n) is 30.4. The lowest BCUT2D eigenvalue weighted by molar-refractivity contribution is -0.161. The summed E-state index contributed by atoms with van der Waals surface area (Å²) in [6.45, 7) is 8.47. The number of hydrogen-bond donors (Lipinski definition) is 1. The Balaban J connectivity index is 0.000000241. The number of benzene rings is 3. The van der Waals surface area contributed by atoms with E-state index in [1.165, 1.54) is 36.1 Å².